The molecule has 0 atom stereocenters. The monoisotopic (exact) mass is 185 g/mol. The van der Waals surface area contributed by atoms with Crippen LogP contribution in [0, 0.1) is 6.92 Å². The lowest BCUT2D eigenvalue weighted by Gasteiger charge is -2.03. The topological polar surface area (TPSA) is 43.4 Å². The van der Waals surface area contributed by atoms with E-state index in [-0.39, 0.29) is 4.90 Å². The number of hydrogen-bond donors (Lipinski definition) is 0. The number of rotatable bonds is 2. The van der Waals surface area contributed by atoms with Crippen molar-refractivity contribution in [3.63, 3.8) is 0 Å². The molecule has 0 unspecified atom stereocenters. The third-order valence-corrected chi connectivity index (χ3v) is 2.84. The minimum absolute atomic E-state index is 0.118. The predicted octanol–water partition coefficient (Wildman–Crippen LogP) is 1.20. The highest BCUT2D eigenvalue weighted by molar-refractivity contribution is 7.86. The van der Waals surface area contributed by atoms with E-state index < -0.39 is 10.1 Å². The molecule has 0 aliphatic carbocycles. The second-order valence-corrected chi connectivity index (χ2v) is 3.91. The molecule has 0 saturated heterocycles. The highest BCUT2D eigenvalue weighted by atomic mass is 32.2. The van der Waals surface area contributed by atoms with Gasteiger partial charge in [-0.2, -0.15) is 8.42 Å². The molecule has 12 heavy (non-hydrogen) atoms. The van der Waals surface area contributed by atoms with E-state index in [1.165, 1.54) is 6.07 Å². The van der Waals surface area contributed by atoms with Crippen molar-refractivity contribution < 1.29 is 12.6 Å². The Bertz CT molecular complexity index is 368. The van der Waals surface area contributed by atoms with Crippen molar-refractivity contribution in [2.75, 3.05) is 7.11 Å². The second-order valence-electron chi connectivity index (χ2n) is 2.23. The third kappa shape index (κ3) is 1.65. The number of benzene rings is 1. The van der Waals surface area contributed by atoms with Crippen LogP contribution in [0.2, 0.25) is 0 Å². The Kier molecular flexibility index (Phi) is 2.49. The van der Waals surface area contributed by atoms with E-state index in [0.717, 1.165) is 7.11 Å². The van der Waals surface area contributed by atoms with Gasteiger partial charge in [-0.25, -0.2) is 0 Å². The third-order valence-electron chi connectivity index (χ3n) is 1.46. The Morgan fingerprint density at radius 1 is 1.33 bits per heavy atom. The van der Waals surface area contributed by atoms with Crippen molar-refractivity contribution in [3.05, 3.63) is 36.8 Å². The minimum atomic E-state index is -3.59. The first-order valence-corrected chi connectivity index (χ1v) is 4.70. The standard InChI is InChI=1S/C8H9O3S/c1-7-5-3-4-6-8(7)12(9,10)11-2/h3-6H,1H2,2H3. The molecule has 1 rings (SSSR count). The second kappa shape index (κ2) is 3.25. The summed E-state index contributed by atoms with van der Waals surface area (Å²) in [5, 5.41) is 0. The fourth-order valence-corrected chi connectivity index (χ4v) is 1.65. The molecule has 1 aromatic carbocycles. The fraction of sp³-hybridized carbons (Fsp3) is 0.125. The van der Waals surface area contributed by atoms with Crippen molar-refractivity contribution >= 4 is 10.1 Å². The van der Waals surface area contributed by atoms with Gasteiger partial charge < -0.3 is 0 Å². The van der Waals surface area contributed by atoms with Gasteiger partial charge in [0.05, 0.1) is 12.0 Å². The summed E-state index contributed by atoms with van der Waals surface area (Å²) in [5.41, 5.74) is 0.444. The van der Waals surface area contributed by atoms with E-state index in [1.807, 2.05) is 0 Å². The molecule has 1 aromatic rings. The van der Waals surface area contributed by atoms with Crippen molar-refractivity contribution in [2.45, 2.75) is 4.90 Å². The van der Waals surface area contributed by atoms with Crippen LogP contribution in [0.15, 0.2) is 29.2 Å². The number of hydrogen-bond acceptors (Lipinski definition) is 3. The van der Waals surface area contributed by atoms with Gasteiger partial charge in [-0.1, -0.05) is 18.2 Å². The maximum atomic E-state index is 11.2. The molecule has 0 amide bonds. The Labute approximate surface area is 72.1 Å². The minimum Gasteiger partial charge on any atom is -0.270 e. The van der Waals surface area contributed by atoms with Crippen LogP contribution in [0.3, 0.4) is 0 Å². The molecule has 4 heteroatoms. The quantitative estimate of drug-likeness (QED) is 0.650. The van der Waals surface area contributed by atoms with Gasteiger partial charge in [0.25, 0.3) is 10.1 Å². The highest BCUT2D eigenvalue weighted by Gasteiger charge is 2.14. The average molecular weight is 185 g/mol. The Balaban J connectivity index is 3.30. The summed E-state index contributed by atoms with van der Waals surface area (Å²) >= 11 is 0. The van der Waals surface area contributed by atoms with Crippen LogP contribution < -0.4 is 0 Å². The van der Waals surface area contributed by atoms with Crippen LogP contribution in [0.1, 0.15) is 5.56 Å². The molecular formula is C8H9O3S. The zero-order valence-corrected chi connectivity index (χ0v) is 7.47. The Morgan fingerprint density at radius 3 is 2.42 bits per heavy atom. The fourth-order valence-electron chi connectivity index (χ4n) is 0.838. The SMILES string of the molecule is [CH2]c1ccccc1S(=O)(=O)OC. The Morgan fingerprint density at radius 2 is 1.92 bits per heavy atom. The molecule has 0 aromatic heterocycles. The molecule has 0 spiro atoms. The summed E-state index contributed by atoms with van der Waals surface area (Å²) in [5.74, 6) is 0. The van der Waals surface area contributed by atoms with E-state index >= 15 is 0 Å². The van der Waals surface area contributed by atoms with Gasteiger partial charge in [-0.3, -0.25) is 4.18 Å². The van der Waals surface area contributed by atoms with Gasteiger partial charge in [0.1, 0.15) is 0 Å². The van der Waals surface area contributed by atoms with E-state index in [4.69, 9.17) is 0 Å². The van der Waals surface area contributed by atoms with Crippen molar-refractivity contribution in [2.24, 2.45) is 0 Å². The first kappa shape index (κ1) is 9.22. The lowest BCUT2D eigenvalue weighted by molar-refractivity contribution is 0.397. The van der Waals surface area contributed by atoms with Crippen LogP contribution in [0.4, 0.5) is 0 Å². The van der Waals surface area contributed by atoms with E-state index in [2.05, 4.69) is 11.1 Å². The molecule has 0 bridgehead atoms. The smallest absolute Gasteiger partial charge is 0.270 e. The molecule has 0 aliphatic rings. The molecule has 1 radical (unpaired) electrons. The maximum absolute atomic E-state index is 11.2. The van der Waals surface area contributed by atoms with Gasteiger partial charge in [-0.05, 0) is 18.6 Å². The average Bonchev–Trinajstić information content (AvgIpc) is 2.05. The maximum Gasteiger partial charge on any atom is 0.296 e. The molecule has 65 valence electrons. The molecule has 0 fully saturated rings. The van der Waals surface area contributed by atoms with Crippen LogP contribution >= 0.6 is 0 Å². The Hall–Kier alpha value is -0.870. The van der Waals surface area contributed by atoms with Gasteiger partial charge in [-0.15, -0.1) is 0 Å². The summed E-state index contributed by atoms with van der Waals surface area (Å²) < 4.78 is 26.7. The van der Waals surface area contributed by atoms with Crippen LogP contribution in [0.25, 0.3) is 0 Å². The van der Waals surface area contributed by atoms with Crippen LogP contribution in [-0.4, -0.2) is 15.5 Å². The normalized spacial score (nSPS) is 11.5. The molecule has 0 heterocycles. The predicted molar refractivity (Wildman–Crippen MR) is 45.1 cm³/mol. The summed E-state index contributed by atoms with van der Waals surface area (Å²) in [6.07, 6.45) is 0. The lowest BCUT2D eigenvalue weighted by atomic mass is 10.2. The summed E-state index contributed by atoms with van der Waals surface area (Å²) in [4.78, 5) is 0.118. The molecule has 0 N–H and O–H groups in total. The van der Waals surface area contributed by atoms with Gasteiger partial charge >= 0.3 is 0 Å². The van der Waals surface area contributed by atoms with Crippen LogP contribution in [-0.2, 0) is 14.3 Å². The molecular weight excluding hydrogens is 176 g/mol. The molecule has 3 nitrogen and oxygen atoms in total. The van der Waals surface area contributed by atoms with Gasteiger partial charge in [0.2, 0.25) is 0 Å². The zero-order chi connectivity index (χ0) is 9.19. The summed E-state index contributed by atoms with van der Waals surface area (Å²) in [7, 11) is -2.46. The first-order chi connectivity index (χ1) is 5.58. The van der Waals surface area contributed by atoms with Crippen LogP contribution in [0.5, 0.6) is 0 Å². The van der Waals surface area contributed by atoms with Gasteiger partial charge in [0, 0.05) is 0 Å². The van der Waals surface area contributed by atoms with Gasteiger partial charge in [0.15, 0.2) is 0 Å². The highest BCUT2D eigenvalue weighted by Crippen LogP contribution is 2.15. The first-order valence-electron chi connectivity index (χ1n) is 3.29. The molecule has 0 saturated carbocycles. The largest absolute Gasteiger partial charge is 0.296 e. The van der Waals surface area contributed by atoms with E-state index in [1.54, 1.807) is 18.2 Å². The summed E-state index contributed by atoms with van der Waals surface area (Å²) in [6, 6.07) is 6.42. The van der Waals surface area contributed by atoms with Crippen molar-refractivity contribution in [1.82, 2.24) is 0 Å². The van der Waals surface area contributed by atoms with E-state index in [0.29, 0.717) is 5.56 Å². The van der Waals surface area contributed by atoms with E-state index in [9.17, 15) is 8.42 Å². The summed E-state index contributed by atoms with van der Waals surface area (Å²) in [6.45, 7) is 3.58. The molecule has 0 aliphatic heterocycles. The lowest BCUT2D eigenvalue weighted by Crippen LogP contribution is -2.04. The van der Waals surface area contributed by atoms with Crippen molar-refractivity contribution in [3.8, 4) is 0 Å². The van der Waals surface area contributed by atoms with Crippen molar-refractivity contribution in [1.29, 1.82) is 0 Å². The zero-order valence-electron chi connectivity index (χ0n) is 6.65.